The molecule has 0 aromatic heterocycles. The van der Waals surface area contributed by atoms with Crippen molar-refractivity contribution in [3.63, 3.8) is 0 Å². The van der Waals surface area contributed by atoms with Crippen LogP contribution in [0.3, 0.4) is 0 Å². The van der Waals surface area contributed by atoms with Crippen LogP contribution in [-0.4, -0.2) is 7.11 Å². The highest BCUT2D eigenvalue weighted by atomic mass is 79.9. The van der Waals surface area contributed by atoms with E-state index in [0.29, 0.717) is 0 Å². The predicted octanol–water partition coefficient (Wildman–Crippen LogP) is 3.37. The maximum absolute atomic E-state index is 5.48. The first-order chi connectivity index (χ1) is 6.51. The lowest BCUT2D eigenvalue weighted by Crippen LogP contribution is -2.14. The molecular weight excluding hydrogens is 240 g/mol. The Balaban J connectivity index is 3.20. The van der Waals surface area contributed by atoms with Crippen LogP contribution in [-0.2, 0) is 5.41 Å². The third-order valence-corrected chi connectivity index (χ3v) is 2.87. The van der Waals surface area contributed by atoms with Crippen molar-refractivity contribution in [1.29, 1.82) is 0 Å². The maximum atomic E-state index is 5.48. The molecule has 2 heteroatoms. The lowest BCUT2D eigenvalue weighted by molar-refractivity contribution is 0.414. The van der Waals surface area contributed by atoms with Gasteiger partial charge in [0.1, 0.15) is 5.75 Å². The second-order valence-electron chi connectivity index (χ2n) is 3.62. The number of terminal acetylenes is 1. The van der Waals surface area contributed by atoms with Gasteiger partial charge in [0.25, 0.3) is 0 Å². The Morgan fingerprint density at radius 1 is 1.43 bits per heavy atom. The first kappa shape index (κ1) is 11.1. The monoisotopic (exact) mass is 252 g/mol. The van der Waals surface area contributed by atoms with Gasteiger partial charge in [0, 0.05) is 4.47 Å². The van der Waals surface area contributed by atoms with Crippen molar-refractivity contribution in [2.45, 2.75) is 19.3 Å². The predicted molar refractivity (Wildman–Crippen MR) is 62.6 cm³/mol. The van der Waals surface area contributed by atoms with E-state index >= 15 is 0 Å². The highest BCUT2D eigenvalue weighted by Gasteiger charge is 2.20. The van der Waals surface area contributed by atoms with Crippen molar-refractivity contribution in [3.8, 4) is 18.1 Å². The summed E-state index contributed by atoms with van der Waals surface area (Å²) in [5.74, 6) is 3.59. The molecule has 0 saturated heterocycles. The minimum Gasteiger partial charge on any atom is -0.497 e. The molecule has 1 rings (SSSR count). The molecule has 1 aromatic rings. The normalized spacial score (nSPS) is 10.8. The number of ether oxygens (including phenoxy) is 1. The number of benzene rings is 1. The van der Waals surface area contributed by atoms with Crippen LogP contribution in [0.5, 0.6) is 5.75 Å². The van der Waals surface area contributed by atoms with Gasteiger partial charge in [0.2, 0.25) is 0 Å². The van der Waals surface area contributed by atoms with Crippen LogP contribution >= 0.6 is 15.9 Å². The summed E-state index contributed by atoms with van der Waals surface area (Å²) in [6, 6.07) is 5.83. The van der Waals surface area contributed by atoms with Gasteiger partial charge in [-0.3, -0.25) is 0 Å². The first-order valence-electron chi connectivity index (χ1n) is 4.33. The second kappa shape index (κ2) is 4.06. The molecule has 0 N–H and O–H groups in total. The summed E-state index contributed by atoms with van der Waals surface area (Å²) in [5, 5.41) is 0. The number of methoxy groups -OCH3 is 1. The number of hydrogen-bond acceptors (Lipinski definition) is 1. The van der Waals surface area contributed by atoms with Gasteiger partial charge in [-0.05, 0) is 31.5 Å². The molecule has 0 aliphatic rings. The van der Waals surface area contributed by atoms with Crippen LogP contribution in [0.4, 0.5) is 0 Å². The zero-order valence-corrected chi connectivity index (χ0v) is 10.2. The van der Waals surface area contributed by atoms with Gasteiger partial charge in [-0.2, -0.15) is 0 Å². The van der Waals surface area contributed by atoms with Crippen LogP contribution in [0.25, 0.3) is 0 Å². The summed E-state index contributed by atoms with van der Waals surface area (Å²) in [5.41, 5.74) is 0.839. The van der Waals surface area contributed by atoms with E-state index in [4.69, 9.17) is 11.2 Å². The smallest absolute Gasteiger partial charge is 0.120 e. The Labute approximate surface area is 93.6 Å². The van der Waals surface area contributed by atoms with E-state index in [1.54, 1.807) is 7.11 Å². The van der Waals surface area contributed by atoms with Crippen molar-refractivity contribution in [3.05, 3.63) is 28.2 Å². The number of halogens is 1. The molecule has 0 spiro atoms. The Hall–Kier alpha value is -0.940. The Morgan fingerprint density at radius 2 is 2.07 bits per heavy atom. The topological polar surface area (TPSA) is 9.23 Å². The third kappa shape index (κ3) is 2.10. The molecule has 0 heterocycles. The van der Waals surface area contributed by atoms with Crippen molar-refractivity contribution >= 4 is 15.9 Å². The van der Waals surface area contributed by atoms with Crippen molar-refractivity contribution < 1.29 is 4.74 Å². The first-order valence-corrected chi connectivity index (χ1v) is 5.12. The SMILES string of the molecule is C#CC(C)(C)c1ccc(OC)cc1Br. The van der Waals surface area contributed by atoms with E-state index in [2.05, 4.69) is 21.9 Å². The van der Waals surface area contributed by atoms with Crippen molar-refractivity contribution in [1.82, 2.24) is 0 Å². The number of rotatable bonds is 2. The molecule has 14 heavy (non-hydrogen) atoms. The summed E-state index contributed by atoms with van der Waals surface area (Å²) in [6.45, 7) is 4.03. The minimum absolute atomic E-state index is 0.259. The van der Waals surface area contributed by atoms with Gasteiger partial charge in [-0.15, -0.1) is 6.42 Å². The lowest BCUT2D eigenvalue weighted by Gasteiger charge is -2.20. The molecule has 0 radical (unpaired) electrons. The average Bonchev–Trinajstić information content (AvgIpc) is 2.17. The molecule has 0 bridgehead atoms. The van der Waals surface area contributed by atoms with Gasteiger partial charge in [0.15, 0.2) is 0 Å². The molecule has 0 fully saturated rings. The fourth-order valence-corrected chi connectivity index (χ4v) is 2.06. The fraction of sp³-hybridized carbons (Fsp3) is 0.333. The van der Waals surface area contributed by atoms with Gasteiger partial charge >= 0.3 is 0 Å². The van der Waals surface area contributed by atoms with E-state index in [0.717, 1.165) is 15.8 Å². The summed E-state index contributed by atoms with van der Waals surface area (Å²) in [6.07, 6.45) is 5.48. The van der Waals surface area contributed by atoms with E-state index in [1.165, 1.54) is 0 Å². The van der Waals surface area contributed by atoms with Crippen molar-refractivity contribution in [2.24, 2.45) is 0 Å². The molecule has 0 aliphatic carbocycles. The zero-order valence-electron chi connectivity index (χ0n) is 8.60. The average molecular weight is 253 g/mol. The van der Waals surface area contributed by atoms with E-state index in [-0.39, 0.29) is 5.41 Å². The largest absolute Gasteiger partial charge is 0.497 e. The standard InChI is InChI=1S/C12H13BrO/c1-5-12(2,3)10-7-6-9(14-4)8-11(10)13/h1,6-8H,2-4H3. The summed E-state index contributed by atoms with van der Waals surface area (Å²) < 4.78 is 6.10. The summed E-state index contributed by atoms with van der Waals surface area (Å²) in [7, 11) is 1.65. The van der Waals surface area contributed by atoms with Crippen LogP contribution in [0, 0.1) is 12.3 Å². The van der Waals surface area contributed by atoms with Gasteiger partial charge in [0.05, 0.1) is 12.5 Å². The Morgan fingerprint density at radius 3 is 2.50 bits per heavy atom. The van der Waals surface area contributed by atoms with Gasteiger partial charge in [-0.1, -0.05) is 27.9 Å². The van der Waals surface area contributed by atoms with E-state index in [9.17, 15) is 0 Å². The van der Waals surface area contributed by atoms with E-state index in [1.807, 2.05) is 32.0 Å². The Bertz CT molecular complexity index is 374. The molecule has 0 atom stereocenters. The molecule has 0 amide bonds. The Kier molecular flexibility index (Phi) is 3.23. The fourth-order valence-electron chi connectivity index (χ4n) is 1.21. The molecule has 1 nitrogen and oxygen atoms in total. The van der Waals surface area contributed by atoms with Crippen molar-refractivity contribution in [2.75, 3.05) is 7.11 Å². The quantitative estimate of drug-likeness (QED) is 0.734. The zero-order chi connectivity index (χ0) is 10.8. The van der Waals surface area contributed by atoms with Crippen LogP contribution in [0.15, 0.2) is 22.7 Å². The van der Waals surface area contributed by atoms with Crippen LogP contribution < -0.4 is 4.74 Å². The van der Waals surface area contributed by atoms with Gasteiger partial charge < -0.3 is 4.74 Å². The number of hydrogen-bond donors (Lipinski definition) is 0. The van der Waals surface area contributed by atoms with Crippen LogP contribution in [0.2, 0.25) is 0 Å². The molecule has 0 unspecified atom stereocenters. The molecule has 1 aromatic carbocycles. The van der Waals surface area contributed by atoms with Gasteiger partial charge in [-0.25, -0.2) is 0 Å². The highest BCUT2D eigenvalue weighted by molar-refractivity contribution is 9.10. The molecule has 0 aliphatic heterocycles. The molecular formula is C12H13BrO. The molecule has 0 saturated carbocycles. The second-order valence-corrected chi connectivity index (χ2v) is 4.47. The van der Waals surface area contributed by atoms with Crippen LogP contribution in [0.1, 0.15) is 19.4 Å². The lowest BCUT2D eigenvalue weighted by atomic mass is 9.86. The molecule has 74 valence electrons. The third-order valence-electron chi connectivity index (χ3n) is 2.21. The maximum Gasteiger partial charge on any atom is 0.120 e. The van der Waals surface area contributed by atoms with E-state index < -0.39 is 0 Å². The summed E-state index contributed by atoms with van der Waals surface area (Å²) >= 11 is 3.49. The minimum atomic E-state index is -0.259. The highest BCUT2D eigenvalue weighted by Crippen LogP contribution is 2.32. The summed E-state index contributed by atoms with van der Waals surface area (Å²) in [4.78, 5) is 0.